The van der Waals surface area contributed by atoms with Crippen LogP contribution in [0.4, 0.5) is 0 Å². The minimum Gasteiger partial charge on any atom is -0.492 e. The molecule has 9 nitrogen and oxygen atoms in total. The van der Waals surface area contributed by atoms with Gasteiger partial charge in [0.15, 0.2) is 5.78 Å². The monoisotopic (exact) mass is 729 g/mol. The molecular formula is C45H51N3O6. The summed E-state index contributed by atoms with van der Waals surface area (Å²) in [5.41, 5.74) is 5.04. The molecular weight excluding hydrogens is 679 g/mol. The Morgan fingerprint density at radius 1 is 0.833 bits per heavy atom. The number of morpholine rings is 1. The van der Waals surface area contributed by atoms with Crippen molar-refractivity contribution in [1.29, 1.82) is 0 Å². The van der Waals surface area contributed by atoms with Gasteiger partial charge in [0.05, 0.1) is 31.9 Å². The maximum atomic E-state index is 14.1. The lowest BCUT2D eigenvalue weighted by Crippen LogP contribution is -2.42. The summed E-state index contributed by atoms with van der Waals surface area (Å²) in [6.45, 7) is 4.78. The van der Waals surface area contributed by atoms with E-state index in [2.05, 4.69) is 22.3 Å². The number of benzene rings is 4. The predicted octanol–water partition coefficient (Wildman–Crippen LogP) is 4.99. The molecule has 1 aliphatic carbocycles. The number of rotatable bonds is 16. The molecule has 0 aromatic heterocycles. The molecule has 1 unspecified atom stereocenters. The topological polar surface area (TPSA) is 108 Å². The zero-order valence-electron chi connectivity index (χ0n) is 30.9. The average Bonchev–Trinajstić information content (AvgIpc) is 3.66. The van der Waals surface area contributed by atoms with Crippen molar-refractivity contribution in [1.82, 2.24) is 15.1 Å². The summed E-state index contributed by atoms with van der Waals surface area (Å²) in [5, 5.41) is 14.0. The Morgan fingerprint density at radius 2 is 1.50 bits per heavy atom. The molecule has 282 valence electrons. The van der Waals surface area contributed by atoms with Gasteiger partial charge in [0.2, 0.25) is 11.8 Å². The summed E-state index contributed by atoms with van der Waals surface area (Å²) in [6, 6.07) is 34.8. The highest BCUT2D eigenvalue weighted by molar-refractivity contribution is 5.92. The molecule has 5 atom stereocenters. The van der Waals surface area contributed by atoms with Gasteiger partial charge in [0, 0.05) is 50.4 Å². The first-order chi connectivity index (χ1) is 26.4. The third kappa shape index (κ3) is 9.63. The molecule has 4 aromatic rings. The SMILES string of the molecule is O=C(C[C@@H](Cc1ccccc1)C(=O)NC1c2ccccc2C[C@H]1O)CN1C(=O)[C@@H](Cc2ccccc2)C[C@@H]1Cc1ccc(OCCN2CCOCC2)cc1. The highest BCUT2D eigenvalue weighted by Gasteiger charge is 2.41. The van der Waals surface area contributed by atoms with E-state index in [0.29, 0.717) is 38.7 Å². The number of aliphatic hydroxyl groups is 1. The molecule has 54 heavy (non-hydrogen) atoms. The zero-order chi connectivity index (χ0) is 37.3. The lowest BCUT2D eigenvalue weighted by atomic mass is 9.92. The molecule has 2 aliphatic heterocycles. The number of amides is 2. The first-order valence-electron chi connectivity index (χ1n) is 19.4. The quantitative estimate of drug-likeness (QED) is 0.167. The maximum absolute atomic E-state index is 14.1. The number of aliphatic hydroxyl groups excluding tert-OH is 1. The lowest BCUT2D eigenvalue weighted by molar-refractivity contribution is -0.137. The number of carbonyl (C=O) groups excluding carboxylic acids is 3. The molecule has 7 rings (SSSR count). The average molecular weight is 730 g/mol. The largest absolute Gasteiger partial charge is 0.492 e. The van der Waals surface area contributed by atoms with Crippen LogP contribution in [0, 0.1) is 11.8 Å². The highest BCUT2D eigenvalue weighted by atomic mass is 16.5. The van der Waals surface area contributed by atoms with E-state index in [4.69, 9.17) is 9.47 Å². The number of nitrogens with one attached hydrogen (secondary N) is 1. The molecule has 4 aromatic carbocycles. The number of hydrogen-bond acceptors (Lipinski definition) is 7. The second-order valence-corrected chi connectivity index (χ2v) is 15.0. The first kappa shape index (κ1) is 37.5. The maximum Gasteiger partial charge on any atom is 0.226 e. The van der Waals surface area contributed by atoms with Gasteiger partial charge in [-0.3, -0.25) is 19.3 Å². The first-order valence-corrected chi connectivity index (χ1v) is 19.4. The molecule has 0 saturated carbocycles. The van der Waals surface area contributed by atoms with Crippen LogP contribution < -0.4 is 10.1 Å². The highest BCUT2D eigenvalue weighted by Crippen LogP contribution is 2.33. The van der Waals surface area contributed by atoms with Crippen LogP contribution in [0.5, 0.6) is 5.75 Å². The molecule has 0 spiro atoms. The Hall–Kier alpha value is -4.83. The second-order valence-electron chi connectivity index (χ2n) is 15.0. The molecule has 2 amide bonds. The molecule has 2 N–H and O–H groups in total. The summed E-state index contributed by atoms with van der Waals surface area (Å²) >= 11 is 0. The van der Waals surface area contributed by atoms with Crippen LogP contribution in [-0.4, -0.2) is 90.6 Å². The number of fused-ring (bicyclic) bond motifs is 1. The van der Waals surface area contributed by atoms with Gasteiger partial charge in [-0.15, -0.1) is 0 Å². The van der Waals surface area contributed by atoms with Gasteiger partial charge in [0.1, 0.15) is 12.4 Å². The number of hydrogen-bond donors (Lipinski definition) is 2. The van der Waals surface area contributed by atoms with Gasteiger partial charge >= 0.3 is 0 Å². The van der Waals surface area contributed by atoms with Crippen molar-refractivity contribution in [2.24, 2.45) is 11.8 Å². The number of ketones is 1. The van der Waals surface area contributed by atoms with Gasteiger partial charge in [-0.2, -0.15) is 0 Å². The van der Waals surface area contributed by atoms with E-state index in [-0.39, 0.29) is 42.5 Å². The minimum absolute atomic E-state index is 0.0124. The standard InChI is InChI=1S/C45H51N3O6/c49-39(29-36(25-32-9-3-1-4-10-32)44(51)46-43-41-14-8-7-13-35(41)30-42(43)50)31-48-38(28-37(45(48)52)26-33-11-5-2-6-12-33)27-34-15-17-40(18-16-34)54-24-21-47-19-22-53-23-20-47/h1-18,36-38,42-43,50H,19-31H2,(H,46,51)/t36-,37+,38+,42-,43?/m1/s1. The zero-order valence-corrected chi connectivity index (χ0v) is 30.9. The van der Waals surface area contributed by atoms with E-state index in [0.717, 1.165) is 66.4 Å². The third-order valence-electron chi connectivity index (χ3n) is 11.1. The molecule has 3 aliphatic rings. The Balaban J connectivity index is 1.03. The Bertz CT molecular complexity index is 1850. The summed E-state index contributed by atoms with van der Waals surface area (Å²) in [4.78, 5) is 46.2. The number of ether oxygens (including phenoxy) is 2. The van der Waals surface area contributed by atoms with Gasteiger partial charge < -0.3 is 24.8 Å². The van der Waals surface area contributed by atoms with Crippen LogP contribution in [0.1, 0.15) is 46.7 Å². The molecule has 2 fully saturated rings. The summed E-state index contributed by atoms with van der Waals surface area (Å²) < 4.78 is 11.5. The number of carbonyl (C=O) groups is 3. The van der Waals surface area contributed by atoms with Gasteiger partial charge in [-0.1, -0.05) is 97.1 Å². The fraction of sp³-hybridized carbons (Fsp3) is 0.400. The van der Waals surface area contributed by atoms with Crippen molar-refractivity contribution in [3.8, 4) is 5.75 Å². The van der Waals surface area contributed by atoms with Gasteiger partial charge in [0.25, 0.3) is 0 Å². The van der Waals surface area contributed by atoms with Crippen molar-refractivity contribution in [2.75, 3.05) is 46.0 Å². The van der Waals surface area contributed by atoms with Crippen LogP contribution in [0.3, 0.4) is 0 Å². The van der Waals surface area contributed by atoms with E-state index < -0.39 is 18.1 Å². The lowest BCUT2D eigenvalue weighted by Gasteiger charge is -2.26. The van der Waals surface area contributed by atoms with Crippen molar-refractivity contribution >= 4 is 17.6 Å². The fourth-order valence-electron chi connectivity index (χ4n) is 8.26. The van der Waals surface area contributed by atoms with Crippen LogP contribution in [0.25, 0.3) is 0 Å². The van der Waals surface area contributed by atoms with Crippen LogP contribution in [0.15, 0.2) is 109 Å². The van der Waals surface area contributed by atoms with Crippen molar-refractivity contribution < 1.29 is 29.0 Å². The van der Waals surface area contributed by atoms with E-state index in [1.807, 2.05) is 97.1 Å². The van der Waals surface area contributed by atoms with E-state index in [9.17, 15) is 19.5 Å². The Morgan fingerprint density at radius 3 is 2.24 bits per heavy atom. The Kier molecular flexibility index (Phi) is 12.5. The molecule has 2 heterocycles. The van der Waals surface area contributed by atoms with Gasteiger partial charge in [-0.25, -0.2) is 0 Å². The number of nitrogens with zero attached hydrogens (tertiary/aromatic N) is 2. The minimum atomic E-state index is -0.736. The normalized spacial score (nSPS) is 21.8. The van der Waals surface area contributed by atoms with Crippen LogP contribution in [0.2, 0.25) is 0 Å². The van der Waals surface area contributed by atoms with E-state index >= 15 is 0 Å². The van der Waals surface area contributed by atoms with Gasteiger partial charge in [-0.05, 0) is 65.6 Å². The van der Waals surface area contributed by atoms with E-state index in [1.54, 1.807) is 4.90 Å². The smallest absolute Gasteiger partial charge is 0.226 e. The summed E-state index contributed by atoms with van der Waals surface area (Å²) in [7, 11) is 0. The van der Waals surface area contributed by atoms with Crippen LogP contribution >= 0.6 is 0 Å². The molecule has 2 saturated heterocycles. The summed E-state index contributed by atoms with van der Waals surface area (Å²) in [6.07, 6.45) is 1.97. The summed E-state index contributed by atoms with van der Waals surface area (Å²) in [5.74, 6) is -0.533. The van der Waals surface area contributed by atoms with Crippen molar-refractivity contribution in [3.05, 3.63) is 137 Å². The third-order valence-corrected chi connectivity index (χ3v) is 11.1. The van der Waals surface area contributed by atoms with Crippen LogP contribution in [-0.2, 0) is 44.8 Å². The predicted molar refractivity (Wildman–Crippen MR) is 207 cm³/mol. The van der Waals surface area contributed by atoms with E-state index in [1.165, 1.54) is 0 Å². The van der Waals surface area contributed by atoms with Crippen molar-refractivity contribution in [2.45, 2.75) is 56.7 Å². The van der Waals surface area contributed by atoms with Crippen molar-refractivity contribution in [3.63, 3.8) is 0 Å². The Labute approximate surface area is 318 Å². The second kappa shape index (κ2) is 18.0. The number of Topliss-reactive ketones (excluding diaryl/α,β-unsaturated/α-hetero) is 1. The molecule has 9 heteroatoms. The molecule has 0 radical (unpaired) electrons. The number of likely N-dealkylation sites (tertiary alicyclic amines) is 1. The molecule has 0 bridgehead atoms. The fourth-order valence-corrected chi connectivity index (χ4v) is 8.26.